The molecular weight excluding hydrogens is 340 g/mol. The first-order chi connectivity index (χ1) is 12.2. The number of benzene rings is 2. The molecule has 0 radical (unpaired) electrons. The summed E-state index contributed by atoms with van der Waals surface area (Å²) in [5.74, 6) is 1.65. The Morgan fingerprint density at radius 2 is 1.92 bits per heavy atom. The highest BCUT2D eigenvalue weighted by Gasteiger charge is 2.21. The third-order valence-electron chi connectivity index (χ3n) is 3.87. The average molecular weight is 355 g/mol. The first-order valence-corrected chi connectivity index (χ1v) is 8.34. The van der Waals surface area contributed by atoms with E-state index in [2.05, 4.69) is 10.3 Å². The molecule has 1 N–H and O–H groups in total. The summed E-state index contributed by atoms with van der Waals surface area (Å²) in [6.45, 7) is 1.26. The van der Waals surface area contributed by atoms with Crippen molar-refractivity contribution in [3.8, 4) is 11.5 Å². The molecule has 2 heterocycles. The maximum absolute atomic E-state index is 12.2. The monoisotopic (exact) mass is 354 g/mol. The number of hydrogen-bond acceptors (Lipinski definition) is 4. The summed E-state index contributed by atoms with van der Waals surface area (Å²) in [5.41, 5.74) is 1.93. The zero-order valence-electron chi connectivity index (χ0n) is 13.3. The fraction of sp³-hybridized carbons (Fsp3) is 0.158. The van der Waals surface area contributed by atoms with E-state index in [1.54, 1.807) is 18.2 Å². The molecular formula is C19H15ClN2O3. The van der Waals surface area contributed by atoms with Crippen molar-refractivity contribution in [2.24, 2.45) is 4.99 Å². The van der Waals surface area contributed by atoms with Crippen molar-refractivity contribution in [2.45, 2.75) is 6.42 Å². The third-order valence-corrected chi connectivity index (χ3v) is 4.10. The molecule has 6 heteroatoms. The molecule has 0 unspecified atom stereocenters. The Labute approximate surface area is 149 Å². The van der Waals surface area contributed by atoms with E-state index < -0.39 is 0 Å². The SMILES string of the molecule is O=C1NC(c2cccc(Cl)c2)=N/C1=C/c1ccc2c(c1)OCCCO2. The number of amides is 1. The summed E-state index contributed by atoms with van der Waals surface area (Å²) < 4.78 is 11.3. The molecule has 4 rings (SSSR count). The number of nitrogens with zero attached hydrogens (tertiary/aromatic N) is 1. The van der Waals surface area contributed by atoms with Gasteiger partial charge in [-0.1, -0.05) is 29.8 Å². The number of carbonyl (C=O) groups is 1. The number of fused-ring (bicyclic) bond motifs is 1. The van der Waals surface area contributed by atoms with Crippen LogP contribution in [0.1, 0.15) is 17.5 Å². The van der Waals surface area contributed by atoms with Gasteiger partial charge >= 0.3 is 0 Å². The van der Waals surface area contributed by atoms with E-state index in [9.17, 15) is 4.79 Å². The molecule has 2 aliphatic heterocycles. The molecule has 2 aromatic rings. The Hall–Kier alpha value is -2.79. The predicted molar refractivity (Wildman–Crippen MR) is 96.2 cm³/mol. The number of halogens is 1. The fourth-order valence-electron chi connectivity index (χ4n) is 2.67. The van der Waals surface area contributed by atoms with E-state index in [1.165, 1.54) is 0 Å². The number of carbonyl (C=O) groups excluding carboxylic acids is 1. The minimum absolute atomic E-state index is 0.248. The molecule has 0 fully saturated rings. The highest BCUT2D eigenvalue weighted by atomic mass is 35.5. The van der Waals surface area contributed by atoms with Gasteiger partial charge in [-0.15, -0.1) is 0 Å². The topological polar surface area (TPSA) is 59.9 Å². The van der Waals surface area contributed by atoms with E-state index in [1.807, 2.05) is 30.3 Å². The van der Waals surface area contributed by atoms with E-state index >= 15 is 0 Å². The number of ether oxygens (including phenoxy) is 2. The number of hydrogen-bond donors (Lipinski definition) is 1. The lowest BCUT2D eigenvalue weighted by Crippen LogP contribution is -2.24. The van der Waals surface area contributed by atoms with Gasteiger partial charge in [0.15, 0.2) is 11.5 Å². The van der Waals surface area contributed by atoms with Gasteiger partial charge in [-0.3, -0.25) is 4.79 Å². The summed E-state index contributed by atoms with van der Waals surface area (Å²) in [6.07, 6.45) is 2.57. The second-order valence-electron chi connectivity index (χ2n) is 5.71. The molecule has 2 aliphatic rings. The van der Waals surface area contributed by atoms with Crippen LogP contribution in [-0.2, 0) is 4.79 Å². The molecule has 0 aromatic heterocycles. The van der Waals surface area contributed by atoms with Gasteiger partial charge in [0.05, 0.1) is 13.2 Å². The Kier molecular flexibility index (Phi) is 4.15. The van der Waals surface area contributed by atoms with Crippen molar-refractivity contribution in [1.29, 1.82) is 0 Å². The fourth-order valence-corrected chi connectivity index (χ4v) is 2.86. The molecule has 25 heavy (non-hydrogen) atoms. The molecule has 0 aliphatic carbocycles. The summed E-state index contributed by atoms with van der Waals surface area (Å²) in [4.78, 5) is 16.6. The number of nitrogens with one attached hydrogen (secondary N) is 1. The summed E-state index contributed by atoms with van der Waals surface area (Å²) in [6, 6.07) is 12.8. The first-order valence-electron chi connectivity index (χ1n) is 7.96. The maximum Gasteiger partial charge on any atom is 0.275 e. The molecule has 0 bridgehead atoms. The van der Waals surface area contributed by atoms with E-state index in [4.69, 9.17) is 21.1 Å². The molecule has 0 atom stereocenters. The minimum Gasteiger partial charge on any atom is -0.490 e. The summed E-state index contributed by atoms with van der Waals surface area (Å²) >= 11 is 6.00. The first kappa shape index (κ1) is 15.7. The van der Waals surface area contributed by atoms with Gasteiger partial charge in [-0.2, -0.15) is 0 Å². The Bertz CT molecular complexity index is 905. The van der Waals surface area contributed by atoms with Crippen LogP contribution in [0.4, 0.5) is 0 Å². The van der Waals surface area contributed by atoms with Crippen molar-refractivity contribution in [2.75, 3.05) is 13.2 Å². The quantitative estimate of drug-likeness (QED) is 0.841. The van der Waals surface area contributed by atoms with Gasteiger partial charge in [0.1, 0.15) is 11.5 Å². The van der Waals surface area contributed by atoms with Gasteiger partial charge < -0.3 is 14.8 Å². The van der Waals surface area contributed by atoms with Crippen molar-refractivity contribution in [1.82, 2.24) is 5.32 Å². The highest BCUT2D eigenvalue weighted by molar-refractivity contribution is 6.31. The van der Waals surface area contributed by atoms with Crippen LogP contribution >= 0.6 is 11.6 Å². The molecule has 2 aromatic carbocycles. The maximum atomic E-state index is 12.2. The summed E-state index contributed by atoms with van der Waals surface area (Å²) in [5, 5.41) is 3.36. The molecule has 0 spiro atoms. The molecule has 5 nitrogen and oxygen atoms in total. The zero-order valence-corrected chi connectivity index (χ0v) is 14.0. The van der Waals surface area contributed by atoms with Gasteiger partial charge in [0.25, 0.3) is 5.91 Å². The van der Waals surface area contributed by atoms with Crippen LogP contribution in [-0.4, -0.2) is 25.0 Å². The number of amidine groups is 1. The largest absolute Gasteiger partial charge is 0.490 e. The zero-order chi connectivity index (χ0) is 17.2. The Morgan fingerprint density at radius 3 is 2.76 bits per heavy atom. The predicted octanol–water partition coefficient (Wildman–Crippen LogP) is 3.42. The molecule has 126 valence electrons. The lowest BCUT2D eigenvalue weighted by molar-refractivity contribution is -0.115. The van der Waals surface area contributed by atoms with Crippen LogP contribution in [0, 0.1) is 0 Å². The smallest absolute Gasteiger partial charge is 0.275 e. The van der Waals surface area contributed by atoms with Gasteiger partial charge in [0.2, 0.25) is 0 Å². The molecule has 1 amide bonds. The van der Waals surface area contributed by atoms with Crippen LogP contribution in [0.5, 0.6) is 11.5 Å². The minimum atomic E-state index is -0.248. The summed E-state index contributed by atoms with van der Waals surface area (Å²) in [7, 11) is 0. The number of aliphatic imine (C=N–C) groups is 1. The van der Waals surface area contributed by atoms with Gasteiger partial charge in [0, 0.05) is 17.0 Å². The van der Waals surface area contributed by atoms with Crippen LogP contribution < -0.4 is 14.8 Å². The van der Waals surface area contributed by atoms with Crippen LogP contribution in [0.25, 0.3) is 6.08 Å². The van der Waals surface area contributed by atoms with E-state index in [-0.39, 0.29) is 5.91 Å². The Morgan fingerprint density at radius 1 is 1.08 bits per heavy atom. The molecule has 0 saturated heterocycles. The molecule has 0 saturated carbocycles. The second-order valence-corrected chi connectivity index (χ2v) is 6.15. The van der Waals surface area contributed by atoms with E-state index in [0.29, 0.717) is 35.5 Å². The normalized spacial score (nSPS) is 17.9. The van der Waals surface area contributed by atoms with Gasteiger partial charge in [-0.05, 0) is 35.9 Å². The van der Waals surface area contributed by atoms with Crippen molar-refractivity contribution in [3.05, 3.63) is 64.3 Å². The van der Waals surface area contributed by atoms with Gasteiger partial charge in [-0.25, -0.2) is 4.99 Å². The van der Waals surface area contributed by atoms with Crippen LogP contribution in [0.3, 0.4) is 0 Å². The van der Waals surface area contributed by atoms with Crippen molar-refractivity contribution >= 4 is 29.4 Å². The van der Waals surface area contributed by atoms with Crippen molar-refractivity contribution < 1.29 is 14.3 Å². The van der Waals surface area contributed by atoms with Crippen LogP contribution in [0.2, 0.25) is 5.02 Å². The third kappa shape index (κ3) is 3.37. The van der Waals surface area contributed by atoms with Crippen LogP contribution in [0.15, 0.2) is 53.2 Å². The van der Waals surface area contributed by atoms with Crippen molar-refractivity contribution in [3.63, 3.8) is 0 Å². The average Bonchev–Trinajstić information content (AvgIpc) is 2.82. The lowest BCUT2D eigenvalue weighted by atomic mass is 10.1. The second kappa shape index (κ2) is 6.61. The lowest BCUT2D eigenvalue weighted by Gasteiger charge is -2.07. The van der Waals surface area contributed by atoms with E-state index in [0.717, 1.165) is 23.3 Å². The number of rotatable bonds is 2. The standard InChI is InChI=1S/C19H15ClN2O3/c20-14-4-1-3-13(11-14)18-21-15(19(23)22-18)9-12-5-6-16-17(10-12)25-8-2-7-24-16/h1,3-6,9-11H,2,7-8H2,(H,21,22,23)/b15-9+. The Balaban J connectivity index is 1.65. The highest BCUT2D eigenvalue weighted by Crippen LogP contribution is 2.31.